The summed E-state index contributed by atoms with van der Waals surface area (Å²) in [5, 5.41) is 1.70. The number of fused-ring (bicyclic) bond motifs is 3. The molecule has 0 aliphatic carbocycles. The van der Waals surface area contributed by atoms with Crippen LogP contribution in [0.4, 0.5) is 5.82 Å². The van der Waals surface area contributed by atoms with E-state index in [0.29, 0.717) is 11.9 Å². The van der Waals surface area contributed by atoms with E-state index in [0.717, 1.165) is 52.7 Å². The molecule has 7 heteroatoms. The van der Waals surface area contributed by atoms with Crippen molar-refractivity contribution in [3.63, 3.8) is 0 Å². The van der Waals surface area contributed by atoms with Gasteiger partial charge in [0.2, 0.25) is 0 Å². The van der Waals surface area contributed by atoms with E-state index in [4.69, 9.17) is 4.98 Å². The predicted molar refractivity (Wildman–Crippen MR) is 109 cm³/mol. The number of aromatic nitrogens is 3. The van der Waals surface area contributed by atoms with Crippen molar-refractivity contribution in [2.24, 2.45) is 0 Å². The summed E-state index contributed by atoms with van der Waals surface area (Å²) in [4.78, 5) is 30.2. The van der Waals surface area contributed by atoms with Gasteiger partial charge in [-0.15, -0.1) is 11.3 Å². The van der Waals surface area contributed by atoms with Crippen LogP contribution >= 0.6 is 11.3 Å². The van der Waals surface area contributed by atoms with E-state index in [2.05, 4.69) is 19.8 Å². The zero-order chi connectivity index (χ0) is 18.2. The molecule has 0 unspecified atom stereocenters. The highest BCUT2D eigenvalue weighted by Gasteiger charge is 2.19. The summed E-state index contributed by atoms with van der Waals surface area (Å²) >= 11 is 1.58. The lowest BCUT2D eigenvalue weighted by Gasteiger charge is -2.35. The number of aromatic amines is 1. The Balaban J connectivity index is 1.35. The molecule has 6 nitrogen and oxygen atoms in total. The fourth-order valence-electron chi connectivity index (χ4n) is 3.64. The van der Waals surface area contributed by atoms with Crippen LogP contribution in [-0.4, -0.2) is 46.0 Å². The van der Waals surface area contributed by atoms with Crippen LogP contribution in [-0.2, 0) is 6.54 Å². The van der Waals surface area contributed by atoms with Gasteiger partial charge in [-0.1, -0.05) is 24.3 Å². The summed E-state index contributed by atoms with van der Waals surface area (Å²) in [5.74, 6) is 1.76. The Bertz CT molecular complexity index is 1150. The van der Waals surface area contributed by atoms with Crippen molar-refractivity contribution in [2.75, 3.05) is 31.1 Å². The summed E-state index contributed by atoms with van der Waals surface area (Å²) in [6.07, 6.45) is 1.83. The van der Waals surface area contributed by atoms with Crippen LogP contribution in [0.2, 0.25) is 0 Å². The lowest BCUT2D eigenvalue weighted by atomic mass is 10.2. The number of rotatable bonds is 3. The number of pyridine rings is 1. The van der Waals surface area contributed by atoms with Gasteiger partial charge < -0.3 is 9.88 Å². The number of nitrogens with zero attached hydrogens (tertiary/aromatic N) is 4. The highest BCUT2D eigenvalue weighted by Crippen LogP contribution is 2.29. The third-order valence-corrected chi connectivity index (χ3v) is 6.08. The van der Waals surface area contributed by atoms with Crippen LogP contribution in [0.5, 0.6) is 0 Å². The van der Waals surface area contributed by atoms with E-state index in [1.807, 2.05) is 48.7 Å². The Labute approximate surface area is 160 Å². The molecule has 136 valence electrons. The summed E-state index contributed by atoms with van der Waals surface area (Å²) in [5.41, 5.74) is -0.0421. The van der Waals surface area contributed by atoms with Crippen LogP contribution in [0, 0.1) is 0 Å². The SMILES string of the molecule is O=c1[nH]c(CN2CCN(c3ccccn3)CC2)nc2sc3ccccc3c12. The van der Waals surface area contributed by atoms with Crippen molar-refractivity contribution in [1.82, 2.24) is 19.9 Å². The minimum Gasteiger partial charge on any atom is -0.354 e. The van der Waals surface area contributed by atoms with Gasteiger partial charge in [0.1, 0.15) is 16.5 Å². The molecule has 0 atom stereocenters. The molecule has 27 heavy (non-hydrogen) atoms. The summed E-state index contributed by atoms with van der Waals surface area (Å²) in [6, 6.07) is 14.0. The van der Waals surface area contributed by atoms with Crippen LogP contribution < -0.4 is 10.5 Å². The van der Waals surface area contributed by atoms with E-state index in [9.17, 15) is 4.79 Å². The van der Waals surface area contributed by atoms with E-state index in [1.165, 1.54) is 0 Å². The molecule has 0 amide bonds. The third-order valence-electron chi connectivity index (χ3n) is 5.02. The molecular formula is C20H19N5OS. The number of anilines is 1. The normalized spacial score (nSPS) is 15.6. The largest absolute Gasteiger partial charge is 0.354 e. The standard InChI is InChI=1S/C20H19N5OS/c26-19-18-14-5-1-2-6-15(14)27-20(18)23-16(22-19)13-24-9-11-25(12-10-24)17-7-3-4-8-21-17/h1-8H,9-13H2,(H,22,23,26). The second kappa shape index (κ2) is 6.75. The van der Waals surface area contributed by atoms with Crippen molar-refractivity contribution in [2.45, 2.75) is 6.54 Å². The summed E-state index contributed by atoms with van der Waals surface area (Å²) in [7, 11) is 0. The van der Waals surface area contributed by atoms with Gasteiger partial charge in [0.15, 0.2) is 0 Å². The van der Waals surface area contributed by atoms with E-state index >= 15 is 0 Å². The fraction of sp³-hybridized carbons (Fsp3) is 0.250. The third kappa shape index (κ3) is 3.09. The van der Waals surface area contributed by atoms with Crippen molar-refractivity contribution in [1.29, 1.82) is 0 Å². The van der Waals surface area contributed by atoms with Gasteiger partial charge in [-0.2, -0.15) is 0 Å². The van der Waals surface area contributed by atoms with Crippen molar-refractivity contribution < 1.29 is 0 Å². The van der Waals surface area contributed by atoms with Crippen LogP contribution in [0.25, 0.3) is 20.3 Å². The topological polar surface area (TPSA) is 65.1 Å². The van der Waals surface area contributed by atoms with Gasteiger partial charge in [-0.25, -0.2) is 9.97 Å². The minimum absolute atomic E-state index is 0.0421. The van der Waals surface area contributed by atoms with Gasteiger partial charge >= 0.3 is 0 Å². The highest BCUT2D eigenvalue weighted by molar-refractivity contribution is 7.25. The molecular weight excluding hydrogens is 358 g/mol. The number of H-pyrrole nitrogens is 1. The number of piperazine rings is 1. The molecule has 1 N–H and O–H groups in total. The Kier molecular flexibility index (Phi) is 4.10. The van der Waals surface area contributed by atoms with Crippen molar-refractivity contribution in [3.8, 4) is 0 Å². The second-order valence-corrected chi connectivity index (χ2v) is 7.77. The molecule has 1 fully saturated rings. The molecule has 3 aromatic heterocycles. The van der Waals surface area contributed by atoms with Crippen LogP contribution in [0.1, 0.15) is 5.82 Å². The van der Waals surface area contributed by atoms with Crippen LogP contribution in [0.3, 0.4) is 0 Å². The lowest BCUT2D eigenvalue weighted by Crippen LogP contribution is -2.46. The monoisotopic (exact) mass is 377 g/mol. The Morgan fingerprint density at radius 3 is 2.67 bits per heavy atom. The molecule has 1 aliphatic rings. The minimum atomic E-state index is -0.0421. The lowest BCUT2D eigenvalue weighted by molar-refractivity contribution is 0.243. The maximum Gasteiger partial charge on any atom is 0.260 e. The first-order valence-electron chi connectivity index (χ1n) is 9.07. The molecule has 0 saturated carbocycles. The molecule has 1 saturated heterocycles. The first-order chi connectivity index (χ1) is 13.3. The maximum absolute atomic E-state index is 12.6. The van der Waals surface area contributed by atoms with E-state index in [-0.39, 0.29) is 5.56 Å². The van der Waals surface area contributed by atoms with Gasteiger partial charge in [-0.05, 0) is 18.2 Å². The number of hydrogen-bond acceptors (Lipinski definition) is 6. The smallest absolute Gasteiger partial charge is 0.260 e. The van der Waals surface area contributed by atoms with Crippen molar-refractivity contribution in [3.05, 3.63) is 64.8 Å². The first kappa shape index (κ1) is 16.4. The number of benzene rings is 1. The molecule has 1 aliphatic heterocycles. The molecule has 0 bridgehead atoms. The van der Waals surface area contributed by atoms with Gasteiger partial charge in [0.05, 0.1) is 11.9 Å². The van der Waals surface area contributed by atoms with Gasteiger partial charge in [-0.3, -0.25) is 9.69 Å². The first-order valence-corrected chi connectivity index (χ1v) is 9.88. The molecule has 4 heterocycles. The molecule has 1 aromatic carbocycles. The Morgan fingerprint density at radius 1 is 1.04 bits per heavy atom. The van der Waals surface area contributed by atoms with Gasteiger partial charge in [0, 0.05) is 42.5 Å². The highest BCUT2D eigenvalue weighted by atomic mass is 32.1. The quantitative estimate of drug-likeness (QED) is 0.595. The molecule has 0 radical (unpaired) electrons. The zero-order valence-electron chi connectivity index (χ0n) is 14.8. The van der Waals surface area contributed by atoms with Crippen molar-refractivity contribution >= 4 is 37.5 Å². The van der Waals surface area contributed by atoms with E-state index in [1.54, 1.807) is 11.3 Å². The van der Waals surface area contributed by atoms with E-state index < -0.39 is 0 Å². The predicted octanol–water partition coefficient (Wildman–Crippen LogP) is 2.86. The average molecular weight is 377 g/mol. The van der Waals surface area contributed by atoms with Crippen LogP contribution in [0.15, 0.2) is 53.5 Å². The molecule has 0 spiro atoms. The van der Waals surface area contributed by atoms with Gasteiger partial charge in [0.25, 0.3) is 5.56 Å². The molecule has 4 aromatic rings. The average Bonchev–Trinajstić information content (AvgIpc) is 3.08. The second-order valence-electron chi connectivity index (χ2n) is 6.74. The Morgan fingerprint density at radius 2 is 1.85 bits per heavy atom. The summed E-state index contributed by atoms with van der Waals surface area (Å²) in [6.45, 7) is 4.35. The maximum atomic E-state index is 12.6. The number of thiophene rings is 1. The molecule has 5 rings (SSSR count). The summed E-state index contributed by atoms with van der Waals surface area (Å²) < 4.78 is 1.10. The zero-order valence-corrected chi connectivity index (χ0v) is 15.6. The Hall–Kier alpha value is -2.77. The number of hydrogen-bond donors (Lipinski definition) is 1. The fourth-order valence-corrected chi connectivity index (χ4v) is 4.73. The number of nitrogens with one attached hydrogen (secondary N) is 1.